The summed E-state index contributed by atoms with van der Waals surface area (Å²) < 4.78 is 33.5. The van der Waals surface area contributed by atoms with Gasteiger partial charge in [0.2, 0.25) is 0 Å². The van der Waals surface area contributed by atoms with Gasteiger partial charge in [0.1, 0.15) is 11.6 Å². The number of rotatable bonds is 7. The van der Waals surface area contributed by atoms with Crippen LogP contribution in [0, 0.1) is 6.92 Å². The number of hydrogen-bond donors (Lipinski definition) is 3. The van der Waals surface area contributed by atoms with Gasteiger partial charge in [0.15, 0.2) is 6.61 Å². The first-order chi connectivity index (χ1) is 14.8. The third kappa shape index (κ3) is 4.51. The van der Waals surface area contributed by atoms with Gasteiger partial charge >= 0.3 is 5.97 Å². The van der Waals surface area contributed by atoms with Crippen molar-refractivity contribution in [3.8, 4) is 17.1 Å². The van der Waals surface area contributed by atoms with Crippen LogP contribution in [0.25, 0.3) is 22.4 Å². The van der Waals surface area contributed by atoms with E-state index in [0.717, 1.165) is 16.6 Å². The summed E-state index contributed by atoms with van der Waals surface area (Å²) >= 11 is 0. The zero-order valence-corrected chi connectivity index (χ0v) is 17.3. The van der Waals surface area contributed by atoms with E-state index in [-0.39, 0.29) is 10.6 Å². The number of aliphatic carboxylic acids is 1. The lowest BCUT2D eigenvalue weighted by Crippen LogP contribution is -2.14. The number of aromatic nitrogens is 2. The molecule has 4 aromatic rings. The van der Waals surface area contributed by atoms with E-state index in [1.165, 1.54) is 24.3 Å². The molecular formula is C22H19N3O5S. The molecule has 0 unspecified atom stereocenters. The predicted molar refractivity (Wildman–Crippen MR) is 117 cm³/mol. The molecule has 1 aromatic heterocycles. The van der Waals surface area contributed by atoms with Gasteiger partial charge in [-0.25, -0.2) is 18.2 Å². The Labute approximate surface area is 178 Å². The second kappa shape index (κ2) is 8.11. The predicted octanol–water partition coefficient (Wildman–Crippen LogP) is 3.80. The third-order valence-corrected chi connectivity index (χ3v) is 5.94. The average Bonchev–Trinajstić information content (AvgIpc) is 3.15. The van der Waals surface area contributed by atoms with Crippen LogP contribution in [0.3, 0.4) is 0 Å². The molecule has 0 fully saturated rings. The molecular weight excluding hydrogens is 418 g/mol. The minimum absolute atomic E-state index is 0.0187. The highest BCUT2D eigenvalue weighted by atomic mass is 32.2. The summed E-state index contributed by atoms with van der Waals surface area (Å²) in [6, 6.07) is 18.4. The number of nitrogens with one attached hydrogen (secondary N) is 2. The number of para-hydroxylation sites is 1. The van der Waals surface area contributed by atoms with Gasteiger partial charge in [-0.05, 0) is 61.0 Å². The van der Waals surface area contributed by atoms with Crippen molar-refractivity contribution in [3.63, 3.8) is 0 Å². The van der Waals surface area contributed by atoms with Crippen molar-refractivity contribution in [2.75, 3.05) is 11.3 Å². The number of benzene rings is 3. The van der Waals surface area contributed by atoms with Crippen LogP contribution in [0.4, 0.5) is 5.69 Å². The molecule has 3 aromatic carbocycles. The van der Waals surface area contributed by atoms with Crippen LogP contribution in [-0.4, -0.2) is 36.1 Å². The van der Waals surface area contributed by atoms with E-state index < -0.39 is 22.6 Å². The van der Waals surface area contributed by atoms with Crippen molar-refractivity contribution in [1.82, 2.24) is 9.97 Å². The lowest BCUT2D eigenvalue weighted by atomic mass is 10.2. The van der Waals surface area contributed by atoms with Crippen LogP contribution in [0.1, 0.15) is 5.56 Å². The number of carbonyl (C=O) groups is 1. The maximum atomic E-state index is 12.9. The van der Waals surface area contributed by atoms with Crippen molar-refractivity contribution in [2.24, 2.45) is 0 Å². The number of fused-ring (bicyclic) bond motifs is 1. The first kappa shape index (κ1) is 20.4. The van der Waals surface area contributed by atoms with Crippen LogP contribution in [0.15, 0.2) is 71.6 Å². The van der Waals surface area contributed by atoms with Gasteiger partial charge in [0.25, 0.3) is 10.0 Å². The number of anilines is 1. The van der Waals surface area contributed by atoms with E-state index in [0.29, 0.717) is 17.1 Å². The Bertz CT molecular complexity index is 1360. The number of H-pyrrole nitrogens is 1. The SMILES string of the molecule is Cc1ccc2nc(-c3ccccc3NS(=O)(=O)c3ccc(OCC(=O)O)cc3)[nH]c2c1. The molecule has 8 nitrogen and oxygen atoms in total. The van der Waals surface area contributed by atoms with Crippen LogP contribution in [0.5, 0.6) is 5.75 Å². The average molecular weight is 437 g/mol. The van der Waals surface area contributed by atoms with E-state index in [1.807, 2.05) is 25.1 Å². The third-order valence-electron chi connectivity index (χ3n) is 4.56. The quantitative estimate of drug-likeness (QED) is 0.404. The Kier molecular flexibility index (Phi) is 5.35. The van der Waals surface area contributed by atoms with Crippen LogP contribution < -0.4 is 9.46 Å². The fraction of sp³-hybridized carbons (Fsp3) is 0.0909. The summed E-state index contributed by atoms with van der Waals surface area (Å²) in [6.45, 7) is 1.48. The van der Waals surface area contributed by atoms with Gasteiger partial charge in [-0.1, -0.05) is 18.2 Å². The molecule has 0 saturated heterocycles. The summed E-state index contributed by atoms with van der Waals surface area (Å²) in [4.78, 5) is 18.4. The Balaban J connectivity index is 1.62. The maximum absolute atomic E-state index is 12.9. The highest BCUT2D eigenvalue weighted by Gasteiger charge is 2.18. The van der Waals surface area contributed by atoms with E-state index >= 15 is 0 Å². The zero-order chi connectivity index (χ0) is 22.0. The number of aryl methyl sites for hydroxylation is 1. The van der Waals surface area contributed by atoms with Crippen molar-refractivity contribution in [2.45, 2.75) is 11.8 Å². The summed E-state index contributed by atoms with van der Waals surface area (Å²) in [5, 5.41) is 8.66. The molecule has 0 bridgehead atoms. The number of carboxylic acids is 1. The number of carboxylic acid groups (broad SMARTS) is 1. The van der Waals surface area contributed by atoms with E-state index in [2.05, 4.69) is 14.7 Å². The summed E-state index contributed by atoms with van der Waals surface area (Å²) in [5.41, 5.74) is 3.73. The normalized spacial score (nSPS) is 11.4. The second-order valence-electron chi connectivity index (χ2n) is 6.91. The molecule has 3 N–H and O–H groups in total. The van der Waals surface area contributed by atoms with Gasteiger partial charge in [0.05, 0.1) is 21.6 Å². The molecule has 0 aliphatic rings. The number of imidazole rings is 1. The lowest BCUT2D eigenvalue weighted by molar-refractivity contribution is -0.139. The highest BCUT2D eigenvalue weighted by molar-refractivity contribution is 7.92. The molecule has 0 saturated carbocycles. The zero-order valence-electron chi connectivity index (χ0n) is 16.5. The van der Waals surface area contributed by atoms with Gasteiger partial charge in [-0.3, -0.25) is 4.72 Å². The monoisotopic (exact) mass is 437 g/mol. The van der Waals surface area contributed by atoms with E-state index in [4.69, 9.17) is 9.84 Å². The number of nitrogens with zero attached hydrogens (tertiary/aromatic N) is 1. The number of hydrogen-bond acceptors (Lipinski definition) is 5. The molecule has 0 aliphatic heterocycles. The number of aromatic amines is 1. The van der Waals surface area contributed by atoms with Gasteiger partial charge in [0, 0.05) is 5.56 Å². The molecule has 0 atom stereocenters. The second-order valence-corrected chi connectivity index (χ2v) is 8.59. The van der Waals surface area contributed by atoms with Crippen LogP contribution in [-0.2, 0) is 14.8 Å². The van der Waals surface area contributed by atoms with Crippen LogP contribution in [0.2, 0.25) is 0 Å². The Morgan fingerprint density at radius 1 is 1.10 bits per heavy atom. The molecule has 9 heteroatoms. The topological polar surface area (TPSA) is 121 Å². The number of ether oxygens (including phenoxy) is 1. The minimum atomic E-state index is -3.89. The number of sulfonamides is 1. The van der Waals surface area contributed by atoms with E-state index in [1.54, 1.807) is 24.3 Å². The summed E-state index contributed by atoms with van der Waals surface area (Å²) in [6.07, 6.45) is 0. The molecule has 1 heterocycles. The molecule has 0 amide bonds. The molecule has 0 radical (unpaired) electrons. The first-order valence-electron chi connectivity index (χ1n) is 9.35. The van der Waals surface area contributed by atoms with Gasteiger partial charge in [-0.2, -0.15) is 0 Å². The fourth-order valence-electron chi connectivity index (χ4n) is 3.09. The maximum Gasteiger partial charge on any atom is 0.341 e. The summed E-state index contributed by atoms with van der Waals surface area (Å²) in [5.74, 6) is -0.300. The largest absolute Gasteiger partial charge is 0.482 e. The summed E-state index contributed by atoms with van der Waals surface area (Å²) in [7, 11) is -3.89. The van der Waals surface area contributed by atoms with Crippen molar-refractivity contribution < 1.29 is 23.1 Å². The highest BCUT2D eigenvalue weighted by Crippen LogP contribution is 2.30. The van der Waals surface area contributed by atoms with Gasteiger partial charge < -0.3 is 14.8 Å². The van der Waals surface area contributed by atoms with Crippen molar-refractivity contribution >= 4 is 32.7 Å². The van der Waals surface area contributed by atoms with E-state index in [9.17, 15) is 13.2 Å². The molecule has 158 valence electrons. The van der Waals surface area contributed by atoms with Crippen molar-refractivity contribution in [3.05, 3.63) is 72.3 Å². The lowest BCUT2D eigenvalue weighted by Gasteiger charge is -2.12. The Morgan fingerprint density at radius 3 is 2.58 bits per heavy atom. The smallest absolute Gasteiger partial charge is 0.341 e. The fourth-order valence-corrected chi connectivity index (χ4v) is 4.17. The standard InChI is InChI=1S/C22H19N3O5S/c1-14-6-11-19-20(12-14)24-22(23-19)17-4-2-3-5-18(17)25-31(28,29)16-9-7-15(8-10-16)30-13-21(26)27/h2-12,25H,13H2,1H3,(H,23,24)(H,26,27). The van der Waals surface area contributed by atoms with Gasteiger partial charge in [-0.15, -0.1) is 0 Å². The Hall–Kier alpha value is -3.85. The molecule has 0 spiro atoms. The minimum Gasteiger partial charge on any atom is -0.482 e. The Morgan fingerprint density at radius 2 is 1.84 bits per heavy atom. The molecule has 4 rings (SSSR count). The van der Waals surface area contributed by atoms with Crippen molar-refractivity contribution in [1.29, 1.82) is 0 Å². The molecule has 31 heavy (non-hydrogen) atoms. The van der Waals surface area contributed by atoms with Crippen LogP contribution >= 0.6 is 0 Å². The molecule has 0 aliphatic carbocycles. The first-order valence-corrected chi connectivity index (χ1v) is 10.8.